The molecule has 2 N–H and O–H groups in total. The Bertz CT molecular complexity index is 1100. The first-order valence-electron chi connectivity index (χ1n) is 7.42. The Morgan fingerprint density at radius 3 is 2.65 bits per heavy atom. The number of nitrogen functional groups attached to an aromatic ring is 1. The van der Waals surface area contributed by atoms with Crippen molar-refractivity contribution in [3.8, 4) is 5.69 Å². The van der Waals surface area contributed by atoms with E-state index in [9.17, 15) is 13.2 Å². The molecule has 1 aromatic heterocycles. The molecule has 0 aliphatic carbocycles. The van der Waals surface area contributed by atoms with E-state index < -0.39 is 15.9 Å². The zero-order valence-electron chi connectivity index (χ0n) is 13.2. The predicted octanol–water partition coefficient (Wildman–Crippen LogP) is 1.14. The SMILES string of the molecule is Nc1ccc2c(c1)C(=O)N(CSc1nnnn1-c1ccccc1)S2(=O)=O. The minimum absolute atomic E-state index is 0.0417. The number of para-hydroxylation sites is 1. The number of rotatable bonds is 4. The van der Waals surface area contributed by atoms with Crippen molar-refractivity contribution in [2.45, 2.75) is 10.1 Å². The van der Waals surface area contributed by atoms with Crippen molar-refractivity contribution < 1.29 is 13.2 Å². The highest BCUT2D eigenvalue weighted by atomic mass is 32.2. The molecule has 0 radical (unpaired) electrons. The van der Waals surface area contributed by atoms with Crippen LogP contribution in [-0.2, 0) is 10.0 Å². The molecule has 1 aliphatic rings. The summed E-state index contributed by atoms with van der Waals surface area (Å²) in [7, 11) is -3.91. The number of hydrogen-bond acceptors (Lipinski definition) is 8. The number of fused-ring (bicyclic) bond motifs is 1. The average Bonchev–Trinajstić information content (AvgIpc) is 3.16. The number of thioether (sulfide) groups is 1. The van der Waals surface area contributed by atoms with Crippen LogP contribution in [0.25, 0.3) is 5.69 Å². The fraction of sp³-hybridized carbons (Fsp3) is 0.0667. The molecule has 0 bridgehead atoms. The highest BCUT2D eigenvalue weighted by molar-refractivity contribution is 8.00. The third-order valence-electron chi connectivity index (χ3n) is 3.78. The average molecular weight is 388 g/mol. The van der Waals surface area contributed by atoms with Crippen LogP contribution < -0.4 is 5.73 Å². The zero-order chi connectivity index (χ0) is 18.3. The molecule has 0 atom stereocenters. The van der Waals surface area contributed by atoms with E-state index in [4.69, 9.17) is 5.73 Å². The number of nitrogens with zero attached hydrogens (tertiary/aromatic N) is 5. The third kappa shape index (κ3) is 2.61. The maximum atomic E-state index is 12.6. The zero-order valence-corrected chi connectivity index (χ0v) is 14.8. The highest BCUT2D eigenvalue weighted by Gasteiger charge is 2.41. The van der Waals surface area contributed by atoms with Crippen LogP contribution in [0.1, 0.15) is 10.4 Å². The summed E-state index contributed by atoms with van der Waals surface area (Å²) in [4.78, 5) is 12.5. The molecule has 1 amide bonds. The van der Waals surface area contributed by atoms with E-state index >= 15 is 0 Å². The van der Waals surface area contributed by atoms with Gasteiger partial charge in [0.25, 0.3) is 15.9 Å². The van der Waals surface area contributed by atoms with Crippen LogP contribution in [0.4, 0.5) is 5.69 Å². The Labute approximate surface area is 152 Å². The number of nitrogens with two attached hydrogens (primary N) is 1. The van der Waals surface area contributed by atoms with Gasteiger partial charge >= 0.3 is 0 Å². The molecule has 132 valence electrons. The summed E-state index contributed by atoms with van der Waals surface area (Å²) in [5, 5.41) is 11.8. The number of benzene rings is 2. The van der Waals surface area contributed by atoms with Crippen LogP contribution in [0.15, 0.2) is 58.6 Å². The van der Waals surface area contributed by atoms with Crippen molar-refractivity contribution in [2.24, 2.45) is 0 Å². The third-order valence-corrected chi connectivity index (χ3v) is 6.63. The molecule has 26 heavy (non-hydrogen) atoms. The first-order valence-corrected chi connectivity index (χ1v) is 9.84. The van der Waals surface area contributed by atoms with E-state index in [0.717, 1.165) is 21.8 Å². The van der Waals surface area contributed by atoms with Crippen molar-refractivity contribution in [1.29, 1.82) is 0 Å². The molecule has 11 heteroatoms. The van der Waals surface area contributed by atoms with Gasteiger partial charge in [0.2, 0.25) is 5.16 Å². The fourth-order valence-electron chi connectivity index (χ4n) is 2.55. The van der Waals surface area contributed by atoms with Crippen molar-refractivity contribution in [2.75, 3.05) is 11.6 Å². The van der Waals surface area contributed by atoms with Crippen LogP contribution >= 0.6 is 11.8 Å². The van der Waals surface area contributed by atoms with Gasteiger partial charge in [-0.1, -0.05) is 30.0 Å². The molecule has 4 rings (SSSR count). The van der Waals surface area contributed by atoms with Gasteiger partial charge in [0.05, 0.1) is 17.1 Å². The molecular weight excluding hydrogens is 376 g/mol. The summed E-state index contributed by atoms with van der Waals surface area (Å²) < 4.78 is 27.5. The minimum atomic E-state index is -3.91. The fourth-order valence-corrected chi connectivity index (χ4v) is 5.19. The Hall–Kier alpha value is -2.92. The number of carbonyl (C=O) groups excluding carboxylic acids is 1. The van der Waals surface area contributed by atoms with Crippen LogP contribution in [0.5, 0.6) is 0 Å². The first-order chi connectivity index (χ1) is 12.5. The number of hydrogen-bond donors (Lipinski definition) is 1. The summed E-state index contributed by atoms with van der Waals surface area (Å²) >= 11 is 1.05. The van der Waals surface area contributed by atoms with Gasteiger partial charge in [-0.15, -0.1) is 5.10 Å². The van der Waals surface area contributed by atoms with E-state index in [2.05, 4.69) is 15.5 Å². The van der Waals surface area contributed by atoms with E-state index in [1.165, 1.54) is 22.9 Å². The molecular formula is C15H12N6O3S2. The Balaban J connectivity index is 1.61. The van der Waals surface area contributed by atoms with Gasteiger partial charge in [0, 0.05) is 5.69 Å². The first kappa shape index (κ1) is 16.5. The monoisotopic (exact) mass is 388 g/mol. The van der Waals surface area contributed by atoms with Crippen molar-refractivity contribution in [1.82, 2.24) is 24.5 Å². The second-order valence-corrected chi connectivity index (χ2v) is 8.14. The number of carbonyl (C=O) groups is 1. The lowest BCUT2D eigenvalue weighted by atomic mass is 10.2. The molecule has 0 saturated carbocycles. The van der Waals surface area contributed by atoms with E-state index in [1.54, 1.807) is 0 Å². The van der Waals surface area contributed by atoms with Crippen molar-refractivity contribution >= 4 is 33.4 Å². The molecule has 0 fully saturated rings. The van der Waals surface area contributed by atoms with Gasteiger partial charge < -0.3 is 5.73 Å². The quantitative estimate of drug-likeness (QED) is 0.521. The van der Waals surface area contributed by atoms with E-state index in [1.807, 2.05) is 30.3 Å². The van der Waals surface area contributed by atoms with Crippen LogP contribution in [0.3, 0.4) is 0 Å². The van der Waals surface area contributed by atoms with Gasteiger partial charge in [-0.2, -0.15) is 4.68 Å². The van der Waals surface area contributed by atoms with Crippen LogP contribution in [0.2, 0.25) is 0 Å². The Kier molecular flexibility index (Phi) is 3.89. The van der Waals surface area contributed by atoms with E-state index in [-0.39, 0.29) is 16.3 Å². The maximum absolute atomic E-state index is 12.6. The van der Waals surface area contributed by atoms with Gasteiger partial charge in [-0.3, -0.25) is 4.79 Å². The molecule has 0 spiro atoms. The lowest BCUT2D eigenvalue weighted by molar-refractivity contribution is 0.0887. The molecule has 0 saturated heterocycles. The number of amides is 1. The minimum Gasteiger partial charge on any atom is -0.399 e. The van der Waals surface area contributed by atoms with E-state index in [0.29, 0.717) is 10.8 Å². The highest BCUT2D eigenvalue weighted by Crippen LogP contribution is 2.33. The van der Waals surface area contributed by atoms with Gasteiger partial charge in [-0.05, 0) is 40.8 Å². The maximum Gasteiger partial charge on any atom is 0.269 e. The van der Waals surface area contributed by atoms with Gasteiger partial charge in [0.1, 0.15) is 4.90 Å². The predicted molar refractivity (Wildman–Crippen MR) is 94.1 cm³/mol. The topological polar surface area (TPSA) is 124 Å². The van der Waals surface area contributed by atoms with Gasteiger partial charge in [0.15, 0.2) is 0 Å². The number of anilines is 1. The second-order valence-electron chi connectivity index (χ2n) is 5.40. The normalized spacial score (nSPS) is 15.2. The summed E-state index contributed by atoms with van der Waals surface area (Å²) in [6.07, 6.45) is 0. The second kappa shape index (κ2) is 6.11. The van der Waals surface area contributed by atoms with Crippen molar-refractivity contribution in [3.05, 3.63) is 54.1 Å². The molecule has 3 aromatic rings. The summed E-state index contributed by atoms with van der Waals surface area (Å²) in [6, 6.07) is 13.3. The number of tetrazole rings is 1. The molecule has 2 aromatic carbocycles. The molecule has 0 unspecified atom stereocenters. The summed E-state index contributed by atoms with van der Waals surface area (Å²) in [5.74, 6) is -0.762. The Morgan fingerprint density at radius 2 is 1.88 bits per heavy atom. The largest absolute Gasteiger partial charge is 0.399 e. The van der Waals surface area contributed by atoms with Crippen molar-refractivity contribution in [3.63, 3.8) is 0 Å². The Morgan fingerprint density at radius 1 is 1.12 bits per heavy atom. The molecule has 9 nitrogen and oxygen atoms in total. The van der Waals surface area contributed by atoms with Crippen LogP contribution in [-0.4, -0.2) is 44.7 Å². The molecule has 1 aliphatic heterocycles. The number of sulfonamides is 1. The smallest absolute Gasteiger partial charge is 0.269 e. The molecule has 2 heterocycles. The van der Waals surface area contributed by atoms with Gasteiger partial charge in [-0.25, -0.2) is 12.7 Å². The number of aromatic nitrogens is 4. The van der Waals surface area contributed by atoms with Crippen LogP contribution in [0, 0.1) is 0 Å². The summed E-state index contributed by atoms with van der Waals surface area (Å²) in [5.41, 5.74) is 6.80. The standard InChI is InChI=1S/C15H12N6O3S2/c16-10-6-7-13-12(8-10)14(22)20(26(13,23)24)9-25-15-17-18-19-21(15)11-4-2-1-3-5-11/h1-8H,9,16H2. The summed E-state index contributed by atoms with van der Waals surface area (Å²) in [6.45, 7) is 0. The lowest BCUT2D eigenvalue weighted by Gasteiger charge is -2.14. The lowest BCUT2D eigenvalue weighted by Crippen LogP contribution is -2.29.